The van der Waals surface area contributed by atoms with Crippen LogP contribution < -0.4 is 5.32 Å². The van der Waals surface area contributed by atoms with E-state index in [1.54, 1.807) is 5.56 Å². The lowest BCUT2D eigenvalue weighted by Crippen LogP contribution is -2.28. The molecule has 3 atom stereocenters. The van der Waals surface area contributed by atoms with Crippen molar-refractivity contribution in [1.29, 1.82) is 0 Å². The van der Waals surface area contributed by atoms with Crippen LogP contribution in [-0.4, -0.2) is 12.6 Å². The molecule has 3 unspecified atom stereocenters. The first-order valence-electron chi connectivity index (χ1n) is 5.22. The number of benzene rings is 1. The van der Waals surface area contributed by atoms with Crippen LogP contribution in [0, 0.1) is 5.92 Å². The smallest absolute Gasteiger partial charge is 0.00764 e. The number of fused-ring (bicyclic) bond motifs is 2. The summed E-state index contributed by atoms with van der Waals surface area (Å²) in [6, 6.07) is 11.8. The Labute approximate surface area is 79.2 Å². The molecule has 1 N–H and O–H groups in total. The SMILES string of the molecule is c1ccc(C2CC3CC2CN3)cc1. The van der Waals surface area contributed by atoms with Gasteiger partial charge in [0.05, 0.1) is 0 Å². The Kier molecular flexibility index (Phi) is 1.66. The van der Waals surface area contributed by atoms with Crippen LogP contribution >= 0.6 is 0 Å². The summed E-state index contributed by atoms with van der Waals surface area (Å²) >= 11 is 0. The Bertz CT molecular complexity index is 293. The van der Waals surface area contributed by atoms with Crippen molar-refractivity contribution in [2.24, 2.45) is 5.92 Å². The van der Waals surface area contributed by atoms with E-state index in [2.05, 4.69) is 35.6 Å². The first kappa shape index (κ1) is 7.57. The third kappa shape index (κ3) is 1.19. The average molecular weight is 173 g/mol. The van der Waals surface area contributed by atoms with E-state index in [4.69, 9.17) is 0 Å². The van der Waals surface area contributed by atoms with Crippen molar-refractivity contribution in [2.45, 2.75) is 24.8 Å². The van der Waals surface area contributed by atoms with E-state index in [9.17, 15) is 0 Å². The van der Waals surface area contributed by atoms with Gasteiger partial charge in [-0.1, -0.05) is 30.3 Å². The summed E-state index contributed by atoms with van der Waals surface area (Å²) in [6.07, 6.45) is 2.76. The van der Waals surface area contributed by atoms with Crippen LogP contribution in [-0.2, 0) is 0 Å². The van der Waals surface area contributed by atoms with E-state index in [0.29, 0.717) is 0 Å². The third-order valence-electron chi connectivity index (χ3n) is 3.59. The standard InChI is InChI=1S/C12H15N/c1-2-4-9(5-3-1)12-7-11-6-10(12)8-13-11/h1-5,10-13H,6-8H2. The number of rotatable bonds is 1. The van der Waals surface area contributed by atoms with E-state index < -0.39 is 0 Å². The molecule has 68 valence electrons. The van der Waals surface area contributed by atoms with Crippen molar-refractivity contribution in [3.8, 4) is 0 Å². The number of nitrogens with one attached hydrogen (secondary N) is 1. The zero-order chi connectivity index (χ0) is 8.67. The van der Waals surface area contributed by atoms with Crippen LogP contribution in [0.25, 0.3) is 0 Å². The maximum absolute atomic E-state index is 3.56. The minimum atomic E-state index is 0.815. The first-order valence-corrected chi connectivity index (χ1v) is 5.22. The molecule has 1 nitrogen and oxygen atoms in total. The highest BCUT2D eigenvalue weighted by Gasteiger charge is 2.39. The first-order chi connectivity index (χ1) is 6.43. The quantitative estimate of drug-likeness (QED) is 0.686. The van der Waals surface area contributed by atoms with Crippen LogP contribution in [0.15, 0.2) is 30.3 Å². The molecular weight excluding hydrogens is 158 g/mol. The largest absolute Gasteiger partial charge is 0.314 e. The summed E-state index contributed by atoms with van der Waals surface area (Å²) in [4.78, 5) is 0. The highest BCUT2D eigenvalue weighted by Crippen LogP contribution is 2.42. The van der Waals surface area contributed by atoms with Gasteiger partial charge in [-0.05, 0) is 36.8 Å². The molecular formula is C12H15N. The van der Waals surface area contributed by atoms with Crippen molar-refractivity contribution in [2.75, 3.05) is 6.54 Å². The average Bonchev–Trinajstić information content (AvgIpc) is 2.80. The molecule has 2 aliphatic rings. The molecule has 2 fully saturated rings. The predicted octanol–water partition coefficient (Wildman–Crippen LogP) is 2.15. The van der Waals surface area contributed by atoms with E-state index >= 15 is 0 Å². The number of hydrogen-bond acceptors (Lipinski definition) is 1. The number of piperidine rings is 1. The zero-order valence-electron chi connectivity index (χ0n) is 7.74. The summed E-state index contributed by atoms with van der Waals surface area (Å²) in [5.74, 6) is 1.75. The third-order valence-corrected chi connectivity index (χ3v) is 3.59. The summed E-state index contributed by atoms with van der Waals surface area (Å²) in [7, 11) is 0. The van der Waals surface area contributed by atoms with E-state index in [1.165, 1.54) is 19.4 Å². The fourth-order valence-corrected chi connectivity index (χ4v) is 2.94. The van der Waals surface area contributed by atoms with Crippen molar-refractivity contribution in [3.63, 3.8) is 0 Å². The van der Waals surface area contributed by atoms with Crippen molar-refractivity contribution < 1.29 is 0 Å². The van der Waals surface area contributed by atoms with Crippen LogP contribution in [0.4, 0.5) is 0 Å². The normalized spacial score (nSPS) is 36.8. The van der Waals surface area contributed by atoms with Gasteiger partial charge in [0, 0.05) is 6.04 Å². The van der Waals surface area contributed by atoms with Gasteiger partial charge in [0.2, 0.25) is 0 Å². The molecule has 13 heavy (non-hydrogen) atoms. The Balaban J connectivity index is 1.87. The van der Waals surface area contributed by atoms with E-state index in [-0.39, 0.29) is 0 Å². The molecule has 1 aromatic carbocycles. The highest BCUT2D eigenvalue weighted by molar-refractivity contribution is 5.23. The zero-order valence-corrected chi connectivity index (χ0v) is 7.74. The molecule has 0 amide bonds. The predicted molar refractivity (Wildman–Crippen MR) is 53.7 cm³/mol. The van der Waals surface area contributed by atoms with Gasteiger partial charge >= 0.3 is 0 Å². The van der Waals surface area contributed by atoms with Gasteiger partial charge in [0.15, 0.2) is 0 Å². The Hall–Kier alpha value is -0.820. The summed E-state index contributed by atoms with van der Waals surface area (Å²) in [5, 5.41) is 3.56. The second-order valence-electron chi connectivity index (χ2n) is 4.35. The molecule has 2 bridgehead atoms. The van der Waals surface area contributed by atoms with Crippen molar-refractivity contribution >= 4 is 0 Å². The van der Waals surface area contributed by atoms with Crippen molar-refractivity contribution in [1.82, 2.24) is 5.32 Å². The minimum absolute atomic E-state index is 0.815. The lowest BCUT2D eigenvalue weighted by Gasteiger charge is -2.22. The minimum Gasteiger partial charge on any atom is -0.314 e. The number of hydrogen-bond donors (Lipinski definition) is 1. The molecule has 0 radical (unpaired) electrons. The monoisotopic (exact) mass is 173 g/mol. The molecule has 1 heterocycles. The van der Waals surface area contributed by atoms with Crippen LogP contribution in [0.2, 0.25) is 0 Å². The molecule has 1 saturated carbocycles. The fraction of sp³-hybridized carbons (Fsp3) is 0.500. The van der Waals surface area contributed by atoms with Gasteiger partial charge in [0.1, 0.15) is 0 Å². The van der Waals surface area contributed by atoms with Crippen LogP contribution in [0.5, 0.6) is 0 Å². The molecule has 0 spiro atoms. The fourth-order valence-electron chi connectivity index (χ4n) is 2.94. The van der Waals surface area contributed by atoms with E-state index in [0.717, 1.165) is 17.9 Å². The molecule has 1 heteroatoms. The van der Waals surface area contributed by atoms with Crippen molar-refractivity contribution in [3.05, 3.63) is 35.9 Å². The summed E-state index contributed by atoms with van der Waals surface area (Å²) < 4.78 is 0. The maximum Gasteiger partial charge on any atom is 0.00764 e. The molecule has 1 saturated heterocycles. The topological polar surface area (TPSA) is 12.0 Å². The second kappa shape index (κ2) is 2.85. The van der Waals surface area contributed by atoms with Gasteiger partial charge in [-0.25, -0.2) is 0 Å². The lowest BCUT2D eigenvalue weighted by atomic mass is 9.88. The summed E-state index contributed by atoms with van der Waals surface area (Å²) in [6.45, 7) is 1.24. The highest BCUT2D eigenvalue weighted by atomic mass is 15.0. The van der Waals surface area contributed by atoms with Gasteiger partial charge < -0.3 is 5.32 Å². The molecule has 1 aliphatic carbocycles. The van der Waals surface area contributed by atoms with Gasteiger partial charge in [-0.2, -0.15) is 0 Å². The van der Waals surface area contributed by atoms with Gasteiger partial charge in [0.25, 0.3) is 0 Å². The Morgan fingerprint density at radius 1 is 1.08 bits per heavy atom. The Morgan fingerprint density at radius 2 is 1.92 bits per heavy atom. The lowest BCUT2D eigenvalue weighted by molar-refractivity contribution is 0.441. The molecule has 0 aromatic heterocycles. The molecule has 1 aliphatic heterocycles. The maximum atomic E-state index is 3.56. The van der Waals surface area contributed by atoms with Crippen LogP contribution in [0.3, 0.4) is 0 Å². The van der Waals surface area contributed by atoms with Gasteiger partial charge in [-0.15, -0.1) is 0 Å². The summed E-state index contributed by atoms with van der Waals surface area (Å²) in [5.41, 5.74) is 1.55. The Morgan fingerprint density at radius 3 is 2.54 bits per heavy atom. The second-order valence-corrected chi connectivity index (χ2v) is 4.35. The van der Waals surface area contributed by atoms with Crippen LogP contribution in [0.1, 0.15) is 24.3 Å². The van der Waals surface area contributed by atoms with E-state index in [1.807, 2.05) is 0 Å². The molecule has 3 rings (SSSR count). The molecule has 1 aromatic rings. The van der Waals surface area contributed by atoms with Gasteiger partial charge in [-0.3, -0.25) is 0 Å².